The molecule has 0 unspecified atom stereocenters. The molecule has 1 fully saturated rings. The SMILES string of the molecule is CN=C(NCc1ccc(OC2CCCCC2)cc1)NCc1ncc(C(C)(C)C)o1. The second-order valence-electron chi connectivity index (χ2n) is 8.67. The van der Waals surface area contributed by atoms with Gasteiger partial charge in [0.2, 0.25) is 5.89 Å². The second-order valence-corrected chi connectivity index (χ2v) is 8.67. The van der Waals surface area contributed by atoms with Gasteiger partial charge in [0.1, 0.15) is 11.5 Å². The lowest BCUT2D eigenvalue weighted by Crippen LogP contribution is -2.36. The summed E-state index contributed by atoms with van der Waals surface area (Å²) in [6.07, 6.45) is 8.43. The van der Waals surface area contributed by atoms with Crippen molar-refractivity contribution in [1.29, 1.82) is 0 Å². The lowest BCUT2D eigenvalue weighted by molar-refractivity contribution is 0.155. The van der Waals surface area contributed by atoms with E-state index in [0.29, 0.717) is 31.0 Å². The van der Waals surface area contributed by atoms with Gasteiger partial charge < -0.3 is 19.8 Å². The summed E-state index contributed by atoms with van der Waals surface area (Å²) in [6.45, 7) is 7.50. The Bertz CT molecular complexity index is 784. The van der Waals surface area contributed by atoms with E-state index in [4.69, 9.17) is 9.15 Å². The maximum absolute atomic E-state index is 6.10. The van der Waals surface area contributed by atoms with E-state index in [1.54, 1.807) is 13.2 Å². The molecular formula is C23H34N4O2. The number of oxazole rings is 1. The first-order chi connectivity index (χ1) is 13.9. The van der Waals surface area contributed by atoms with Crippen LogP contribution in [0.15, 0.2) is 39.9 Å². The summed E-state index contributed by atoms with van der Waals surface area (Å²) in [4.78, 5) is 8.61. The van der Waals surface area contributed by atoms with Gasteiger partial charge in [-0.2, -0.15) is 0 Å². The minimum Gasteiger partial charge on any atom is -0.490 e. The van der Waals surface area contributed by atoms with Crippen molar-refractivity contribution in [2.45, 2.75) is 77.5 Å². The van der Waals surface area contributed by atoms with Crippen LogP contribution in [0.5, 0.6) is 5.75 Å². The Balaban J connectivity index is 1.44. The Kier molecular flexibility index (Phi) is 7.18. The van der Waals surface area contributed by atoms with Gasteiger partial charge in [0, 0.05) is 19.0 Å². The molecule has 3 rings (SSSR count). The summed E-state index contributed by atoms with van der Waals surface area (Å²) < 4.78 is 11.9. The molecule has 0 bridgehead atoms. The average Bonchev–Trinajstić information content (AvgIpc) is 3.20. The topological polar surface area (TPSA) is 71.7 Å². The molecule has 0 amide bonds. The lowest BCUT2D eigenvalue weighted by atomic mass is 9.94. The summed E-state index contributed by atoms with van der Waals surface area (Å²) in [5, 5.41) is 6.57. The van der Waals surface area contributed by atoms with Crippen LogP contribution in [0, 0.1) is 0 Å². The highest BCUT2D eigenvalue weighted by Gasteiger charge is 2.19. The fraction of sp³-hybridized carbons (Fsp3) is 0.565. The van der Waals surface area contributed by atoms with Gasteiger partial charge in [-0.15, -0.1) is 0 Å². The minimum atomic E-state index is -0.0436. The number of benzene rings is 1. The number of rotatable bonds is 6. The van der Waals surface area contributed by atoms with E-state index in [1.165, 1.54) is 37.7 Å². The molecule has 0 spiro atoms. The van der Waals surface area contributed by atoms with E-state index < -0.39 is 0 Å². The quantitative estimate of drug-likeness (QED) is 0.552. The maximum atomic E-state index is 6.10. The van der Waals surface area contributed by atoms with Crippen LogP contribution in [0.4, 0.5) is 0 Å². The summed E-state index contributed by atoms with van der Waals surface area (Å²) in [7, 11) is 1.76. The molecule has 0 saturated heterocycles. The third-order valence-electron chi connectivity index (χ3n) is 5.16. The van der Waals surface area contributed by atoms with Crippen LogP contribution in [-0.4, -0.2) is 24.1 Å². The molecule has 6 nitrogen and oxygen atoms in total. The number of guanidine groups is 1. The molecule has 6 heteroatoms. The molecule has 1 aliphatic rings. The number of nitrogens with one attached hydrogen (secondary N) is 2. The van der Waals surface area contributed by atoms with Crippen LogP contribution in [-0.2, 0) is 18.5 Å². The van der Waals surface area contributed by atoms with Gasteiger partial charge in [-0.05, 0) is 43.4 Å². The van der Waals surface area contributed by atoms with Crippen molar-refractivity contribution in [3.8, 4) is 5.75 Å². The zero-order chi connectivity index (χ0) is 20.7. The van der Waals surface area contributed by atoms with Gasteiger partial charge in [0.05, 0.1) is 18.8 Å². The van der Waals surface area contributed by atoms with E-state index in [0.717, 1.165) is 11.5 Å². The van der Waals surface area contributed by atoms with Crippen molar-refractivity contribution in [3.63, 3.8) is 0 Å². The van der Waals surface area contributed by atoms with Gasteiger partial charge in [-0.25, -0.2) is 4.98 Å². The normalized spacial score (nSPS) is 15.9. The Hall–Kier alpha value is -2.50. The Labute approximate surface area is 174 Å². The number of hydrogen-bond acceptors (Lipinski definition) is 4. The van der Waals surface area contributed by atoms with Crippen LogP contribution >= 0.6 is 0 Å². The van der Waals surface area contributed by atoms with Crippen molar-refractivity contribution in [2.75, 3.05) is 7.05 Å². The number of nitrogens with zero attached hydrogens (tertiary/aromatic N) is 2. The summed E-state index contributed by atoms with van der Waals surface area (Å²) in [6, 6.07) is 8.31. The first kappa shape index (κ1) is 21.2. The number of aliphatic imine (C=N–C) groups is 1. The Morgan fingerprint density at radius 1 is 1.10 bits per heavy atom. The van der Waals surface area contributed by atoms with Gasteiger partial charge in [0.25, 0.3) is 0 Å². The molecule has 0 atom stereocenters. The fourth-order valence-corrected chi connectivity index (χ4v) is 3.37. The van der Waals surface area contributed by atoms with Crippen molar-refractivity contribution < 1.29 is 9.15 Å². The average molecular weight is 399 g/mol. The molecule has 2 aromatic rings. The van der Waals surface area contributed by atoms with E-state index in [9.17, 15) is 0 Å². The number of hydrogen-bond donors (Lipinski definition) is 2. The zero-order valence-corrected chi connectivity index (χ0v) is 18.1. The molecule has 1 aliphatic carbocycles. The van der Waals surface area contributed by atoms with E-state index >= 15 is 0 Å². The number of ether oxygens (including phenoxy) is 1. The minimum absolute atomic E-state index is 0.0436. The number of aromatic nitrogens is 1. The molecule has 1 aromatic heterocycles. The largest absolute Gasteiger partial charge is 0.490 e. The molecule has 0 radical (unpaired) electrons. The van der Waals surface area contributed by atoms with Crippen LogP contribution in [0.2, 0.25) is 0 Å². The smallest absolute Gasteiger partial charge is 0.213 e. The predicted octanol–water partition coefficient (Wildman–Crippen LogP) is 4.55. The van der Waals surface area contributed by atoms with Crippen LogP contribution in [0.1, 0.15) is 70.1 Å². The van der Waals surface area contributed by atoms with E-state index in [-0.39, 0.29) is 5.41 Å². The third-order valence-corrected chi connectivity index (χ3v) is 5.16. The summed E-state index contributed by atoms with van der Waals surface area (Å²) in [5.41, 5.74) is 1.13. The standard InChI is InChI=1S/C23H34N4O2/c1-23(2,3)20-15-25-21(29-20)16-27-22(24-4)26-14-17-10-12-19(13-11-17)28-18-8-6-5-7-9-18/h10-13,15,18H,5-9,14,16H2,1-4H3,(H2,24,26,27). The monoisotopic (exact) mass is 398 g/mol. The maximum Gasteiger partial charge on any atom is 0.213 e. The first-order valence-electron chi connectivity index (χ1n) is 10.6. The highest BCUT2D eigenvalue weighted by molar-refractivity contribution is 5.79. The predicted molar refractivity (Wildman–Crippen MR) is 116 cm³/mol. The van der Waals surface area contributed by atoms with E-state index in [2.05, 4.69) is 65.6 Å². The molecule has 0 aliphatic heterocycles. The molecular weight excluding hydrogens is 364 g/mol. The summed E-state index contributed by atoms with van der Waals surface area (Å²) in [5.74, 6) is 3.21. The van der Waals surface area contributed by atoms with Gasteiger partial charge >= 0.3 is 0 Å². The molecule has 2 N–H and O–H groups in total. The molecule has 29 heavy (non-hydrogen) atoms. The Morgan fingerprint density at radius 3 is 2.41 bits per heavy atom. The van der Waals surface area contributed by atoms with Gasteiger partial charge in [0.15, 0.2) is 5.96 Å². The van der Waals surface area contributed by atoms with Crippen LogP contribution in [0.3, 0.4) is 0 Å². The second kappa shape index (κ2) is 9.81. The van der Waals surface area contributed by atoms with Crippen LogP contribution in [0.25, 0.3) is 0 Å². The summed E-state index contributed by atoms with van der Waals surface area (Å²) >= 11 is 0. The highest BCUT2D eigenvalue weighted by atomic mass is 16.5. The Morgan fingerprint density at radius 2 is 1.79 bits per heavy atom. The highest BCUT2D eigenvalue weighted by Crippen LogP contribution is 2.24. The molecule has 1 heterocycles. The molecule has 1 aromatic carbocycles. The first-order valence-corrected chi connectivity index (χ1v) is 10.6. The van der Waals surface area contributed by atoms with Crippen molar-refractivity contribution >= 4 is 5.96 Å². The van der Waals surface area contributed by atoms with Gasteiger partial charge in [-0.3, -0.25) is 4.99 Å². The van der Waals surface area contributed by atoms with Crippen molar-refractivity contribution in [1.82, 2.24) is 15.6 Å². The molecule has 1 saturated carbocycles. The van der Waals surface area contributed by atoms with Crippen LogP contribution < -0.4 is 15.4 Å². The lowest BCUT2D eigenvalue weighted by Gasteiger charge is -2.23. The fourth-order valence-electron chi connectivity index (χ4n) is 3.37. The van der Waals surface area contributed by atoms with Gasteiger partial charge in [-0.1, -0.05) is 39.3 Å². The van der Waals surface area contributed by atoms with Crippen molar-refractivity contribution in [2.24, 2.45) is 4.99 Å². The molecule has 158 valence electrons. The van der Waals surface area contributed by atoms with Crippen molar-refractivity contribution in [3.05, 3.63) is 47.7 Å². The third kappa shape index (κ3) is 6.51. The zero-order valence-electron chi connectivity index (χ0n) is 18.1. The van der Waals surface area contributed by atoms with E-state index in [1.807, 2.05) is 0 Å².